The summed E-state index contributed by atoms with van der Waals surface area (Å²) >= 11 is 6.02. The molecule has 9 heteroatoms. The van der Waals surface area contributed by atoms with Crippen molar-refractivity contribution >= 4 is 17.5 Å². The van der Waals surface area contributed by atoms with E-state index in [0.717, 1.165) is 42.8 Å². The number of nitrogens with zero attached hydrogens (tertiary/aromatic N) is 4. The van der Waals surface area contributed by atoms with Gasteiger partial charge in [-0.1, -0.05) is 28.9 Å². The number of oxazole rings is 1. The first-order chi connectivity index (χ1) is 16.9. The first-order valence-electron chi connectivity index (χ1n) is 11.5. The van der Waals surface area contributed by atoms with Gasteiger partial charge in [-0.3, -0.25) is 4.79 Å². The Hall–Kier alpha value is -3.49. The largest absolute Gasteiger partial charge is 0.444 e. The van der Waals surface area contributed by atoms with Crippen LogP contribution in [-0.4, -0.2) is 52.6 Å². The van der Waals surface area contributed by atoms with Crippen molar-refractivity contribution in [1.29, 1.82) is 0 Å². The second-order valence-corrected chi connectivity index (χ2v) is 9.47. The molecule has 3 heterocycles. The molecule has 5 rings (SSSR count). The van der Waals surface area contributed by atoms with Crippen molar-refractivity contribution in [2.45, 2.75) is 25.2 Å². The van der Waals surface area contributed by atoms with Gasteiger partial charge in [0.2, 0.25) is 17.6 Å². The fourth-order valence-electron chi connectivity index (χ4n) is 4.38. The summed E-state index contributed by atoms with van der Waals surface area (Å²) in [5.41, 5.74) is 2.66. The lowest BCUT2D eigenvalue weighted by Gasteiger charge is -2.39. The van der Waals surface area contributed by atoms with Crippen LogP contribution >= 0.6 is 11.6 Å². The van der Waals surface area contributed by atoms with Crippen LogP contribution in [0.4, 0.5) is 0 Å². The van der Waals surface area contributed by atoms with Gasteiger partial charge in [-0.15, -0.1) is 0 Å². The SMILES string of the molecule is Cc1nc(-c2cccc(C(=O)NCC3(c4coc(-c5ccc(Cl)cc5)n4)CCN(C)CC3)c2)no1. The first-order valence-corrected chi connectivity index (χ1v) is 11.9. The summed E-state index contributed by atoms with van der Waals surface area (Å²) in [4.78, 5) is 24.5. The first kappa shape index (κ1) is 23.3. The summed E-state index contributed by atoms with van der Waals surface area (Å²) in [7, 11) is 2.11. The minimum absolute atomic E-state index is 0.160. The highest BCUT2D eigenvalue weighted by molar-refractivity contribution is 6.30. The number of benzene rings is 2. The maximum Gasteiger partial charge on any atom is 0.251 e. The zero-order chi connectivity index (χ0) is 24.4. The Morgan fingerprint density at radius 2 is 1.89 bits per heavy atom. The fourth-order valence-corrected chi connectivity index (χ4v) is 4.51. The normalized spacial score (nSPS) is 15.7. The average molecular weight is 492 g/mol. The van der Waals surface area contributed by atoms with Gasteiger partial charge in [0.1, 0.15) is 6.26 Å². The maximum atomic E-state index is 13.1. The predicted molar refractivity (Wildman–Crippen MR) is 132 cm³/mol. The minimum Gasteiger partial charge on any atom is -0.444 e. The number of halogens is 1. The van der Waals surface area contributed by atoms with E-state index in [1.54, 1.807) is 25.3 Å². The molecule has 1 N–H and O–H groups in total. The summed E-state index contributed by atoms with van der Waals surface area (Å²) in [6, 6.07) is 14.6. The van der Waals surface area contributed by atoms with E-state index in [4.69, 9.17) is 25.5 Å². The minimum atomic E-state index is -0.321. The lowest BCUT2D eigenvalue weighted by Crippen LogP contribution is -2.48. The van der Waals surface area contributed by atoms with E-state index in [1.165, 1.54) is 0 Å². The van der Waals surface area contributed by atoms with Crippen molar-refractivity contribution in [2.75, 3.05) is 26.7 Å². The van der Waals surface area contributed by atoms with E-state index >= 15 is 0 Å². The van der Waals surface area contributed by atoms with Crippen LogP contribution in [0.5, 0.6) is 0 Å². The topological polar surface area (TPSA) is 97.3 Å². The lowest BCUT2D eigenvalue weighted by atomic mass is 9.76. The predicted octanol–water partition coefficient (Wildman–Crippen LogP) is 4.75. The number of piperidine rings is 1. The van der Waals surface area contributed by atoms with Gasteiger partial charge in [-0.05, 0) is 69.4 Å². The molecule has 35 heavy (non-hydrogen) atoms. The number of likely N-dealkylation sites (tertiary alicyclic amines) is 1. The Labute approximate surface area is 208 Å². The van der Waals surface area contributed by atoms with Gasteiger partial charge in [-0.2, -0.15) is 4.98 Å². The smallest absolute Gasteiger partial charge is 0.251 e. The molecule has 2 aromatic heterocycles. The van der Waals surface area contributed by atoms with Gasteiger partial charge >= 0.3 is 0 Å². The van der Waals surface area contributed by atoms with Crippen LogP contribution in [-0.2, 0) is 5.41 Å². The molecule has 2 aromatic carbocycles. The lowest BCUT2D eigenvalue weighted by molar-refractivity contribution is 0.0926. The number of hydrogen-bond acceptors (Lipinski definition) is 7. The number of hydrogen-bond donors (Lipinski definition) is 1. The second kappa shape index (κ2) is 9.64. The molecule has 0 saturated carbocycles. The zero-order valence-electron chi connectivity index (χ0n) is 19.6. The van der Waals surface area contributed by atoms with Gasteiger partial charge < -0.3 is 19.2 Å². The molecule has 0 atom stereocenters. The van der Waals surface area contributed by atoms with Crippen molar-refractivity contribution in [3.63, 3.8) is 0 Å². The molecule has 0 aliphatic carbocycles. The van der Waals surface area contributed by atoms with Crippen LogP contribution in [0.1, 0.15) is 34.8 Å². The molecule has 8 nitrogen and oxygen atoms in total. The standard InChI is InChI=1S/C26H26ClN5O3/c1-17-29-23(31-35-17)19-4-3-5-20(14-19)24(33)28-16-26(10-12-32(2)13-11-26)22-15-34-25(30-22)18-6-8-21(27)9-7-18/h3-9,14-15H,10-13,16H2,1-2H3,(H,28,33). The molecular weight excluding hydrogens is 466 g/mol. The van der Waals surface area contributed by atoms with Crippen molar-refractivity contribution in [1.82, 2.24) is 25.3 Å². The van der Waals surface area contributed by atoms with Crippen LogP contribution in [0.15, 0.2) is 63.7 Å². The van der Waals surface area contributed by atoms with E-state index < -0.39 is 0 Å². The van der Waals surface area contributed by atoms with Gasteiger partial charge in [0.15, 0.2) is 0 Å². The van der Waals surface area contributed by atoms with Crippen molar-refractivity contribution in [3.8, 4) is 22.8 Å². The molecule has 1 saturated heterocycles. The van der Waals surface area contributed by atoms with Crippen LogP contribution in [0.3, 0.4) is 0 Å². The molecule has 0 unspecified atom stereocenters. The molecular formula is C26H26ClN5O3. The third-order valence-corrected chi connectivity index (χ3v) is 6.83. The van der Waals surface area contributed by atoms with Gasteiger partial charge in [0, 0.05) is 40.6 Å². The summed E-state index contributed by atoms with van der Waals surface area (Å²) in [6.45, 7) is 4.01. The van der Waals surface area contributed by atoms with Crippen molar-refractivity contribution in [2.24, 2.45) is 0 Å². The summed E-state index contributed by atoms with van der Waals surface area (Å²) in [6.07, 6.45) is 3.44. The summed E-state index contributed by atoms with van der Waals surface area (Å²) in [5.74, 6) is 1.32. The molecule has 1 amide bonds. The Kier molecular flexibility index (Phi) is 6.40. The number of amides is 1. The molecule has 0 radical (unpaired) electrons. The van der Waals surface area contributed by atoms with E-state index in [-0.39, 0.29) is 11.3 Å². The molecule has 1 aliphatic rings. The van der Waals surface area contributed by atoms with E-state index in [9.17, 15) is 4.79 Å². The number of carbonyl (C=O) groups is 1. The molecule has 4 aromatic rings. The number of rotatable bonds is 6. The third kappa shape index (κ3) is 4.99. The van der Waals surface area contributed by atoms with Gasteiger partial charge in [-0.25, -0.2) is 4.98 Å². The Balaban J connectivity index is 1.36. The maximum absolute atomic E-state index is 13.1. The van der Waals surface area contributed by atoms with Crippen LogP contribution in [0.2, 0.25) is 5.02 Å². The highest BCUT2D eigenvalue weighted by atomic mass is 35.5. The summed E-state index contributed by atoms with van der Waals surface area (Å²) < 4.78 is 10.9. The highest BCUT2D eigenvalue weighted by Crippen LogP contribution is 2.36. The van der Waals surface area contributed by atoms with Crippen LogP contribution in [0, 0.1) is 6.92 Å². The van der Waals surface area contributed by atoms with Crippen molar-refractivity contribution in [3.05, 3.63) is 77.0 Å². The molecule has 0 bridgehead atoms. The number of aromatic nitrogens is 3. The molecule has 180 valence electrons. The fraction of sp³-hybridized carbons (Fsp3) is 0.308. The number of nitrogens with one attached hydrogen (secondary N) is 1. The summed E-state index contributed by atoms with van der Waals surface area (Å²) in [5, 5.41) is 7.75. The van der Waals surface area contributed by atoms with Crippen LogP contribution in [0.25, 0.3) is 22.8 Å². The monoisotopic (exact) mass is 491 g/mol. The zero-order valence-corrected chi connectivity index (χ0v) is 20.4. The number of carbonyl (C=O) groups excluding carboxylic acids is 1. The van der Waals surface area contributed by atoms with Gasteiger partial charge in [0.05, 0.1) is 5.69 Å². The molecule has 0 spiro atoms. The molecule has 1 aliphatic heterocycles. The average Bonchev–Trinajstić information content (AvgIpc) is 3.54. The Bertz CT molecular complexity index is 1320. The quantitative estimate of drug-likeness (QED) is 0.415. The van der Waals surface area contributed by atoms with E-state index in [0.29, 0.717) is 34.7 Å². The Morgan fingerprint density at radius 3 is 2.60 bits per heavy atom. The van der Waals surface area contributed by atoms with E-state index in [2.05, 4.69) is 27.4 Å². The van der Waals surface area contributed by atoms with Crippen molar-refractivity contribution < 1.29 is 13.7 Å². The highest BCUT2D eigenvalue weighted by Gasteiger charge is 2.38. The second-order valence-electron chi connectivity index (χ2n) is 9.03. The van der Waals surface area contributed by atoms with Gasteiger partial charge in [0.25, 0.3) is 5.91 Å². The molecule has 1 fully saturated rings. The third-order valence-electron chi connectivity index (χ3n) is 6.58. The number of aryl methyl sites for hydroxylation is 1. The van der Waals surface area contributed by atoms with E-state index in [1.807, 2.05) is 36.4 Å². The van der Waals surface area contributed by atoms with Crippen LogP contribution < -0.4 is 5.32 Å². The Morgan fingerprint density at radius 1 is 1.11 bits per heavy atom.